The zero-order valence-corrected chi connectivity index (χ0v) is 19.8. The van der Waals surface area contributed by atoms with Crippen LogP contribution in [0.5, 0.6) is 0 Å². The van der Waals surface area contributed by atoms with Gasteiger partial charge in [0, 0.05) is 31.7 Å². The van der Waals surface area contributed by atoms with Gasteiger partial charge in [-0.25, -0.2) is 0 Å². The van der Waals surface area contributed by atoms with Crippen molar-refractivity contribution < 1.29 is 9.90 Å². The molecule has 1 aliphatic heterocycles. The summed E-state index contributed by atoms with van der Waals surface area (Å²) >= 11 is 12.6. The Morgan fingerprint density at radius 2 is 1.90 bits per heavy atom. The van der Waals surface area contributed by atoms with Crippen LogP contribution in [0.4, 0.5) is 5.69 Å². The molecule has 1 saturated heterocycles. The predicted molar refractivity (Wildman–Crippen MR) is 125 cm³/mol. The molecule has 1 saturated carbocycles. The van der Waals surface area contributed by atoms with Gasteiger partial charge in [0.2, 0.25) is 0 Å². The monoisotopic (exact) mass is 455 g/mol. The molecule has 1 amide bonds. The Labute approximate surface area is 190 Å². The zero-order valence-electron chi connectivity index (χ0n) is 18.3. The lowest BCUT2D eigenvalue weighted by atomic mass is 9.83. The fourth-order valence-corrected chi connectivity index (χ4v) is 5.03. The molecule has 2 aliphatic rings. The van der Waals surface area contributed by atoms with Gasteiger partial charge in [0.15, 0.2) is 0 Å². The maximum Gasteiger partial charge on any atom is 0.251 e. The van der Waals surface area contributed by atoms with Crippen molar-refractivity contribution in [2.75, 3.05) is 31.1 Å². The lowest BCUT2D eigenvalue weighted by molar-refractivity contribution is -0.137. The minimum atomic E-state index is -1.30. The molecule has 2 fully saturated rings. The Hall–Kier alpha value is -1.01. The van der Waals surface area contributed by atoms with Crippen molar-refractivity contribution in [2.45, 2.75) is 70.6 Å². The summed E-state index contributed by atoms with van der Waals surface area (Å²) < 4.78 is 0. The summed E-state index contributed by atoms with van der Waals surface area (Å²) in [5.74, 6) is 0.452. The number of nitrogens with zero attached hydrogens (tertiary/aromatic N) is 2. The van der Waals surface area contributed by atoms with Crippen LogP contribution < -0.4 is 10.2 Å². The molecule has 2 N–H and O–H groups in total. The smallest absolute Gasteiger partial charge is 0.251 e. The maximum atomic E-state index is 12.0. The maximum absolute atomic E-state index is 12.0. The number of hydrogen-bond acceptors (Lipinski definition) is 4. The quantitative estimate of drug-likeness (QED) is 0.669. The van der Waals surface area contributed by atoms with Gasteiger partial charge in [-0.3, -0.25) is 9.69 Å². The van der Waals surface area contributed by atoms with Crippen LogP contribution in [0, 0.1) is 5.92 Å². The van der Waals surface area contributed by atoms with E-state index in [4.69, 9.17) is 23.2 Å². The van der Waals surface area contributed by atoms with Crippen molar-refractivity contribution in [1.29, 1.82) is 0 Å². The van der Waals surface area contributed by atoms with Crippen LogP contribution in [-0.4, -0.2) is 59.8 Å². The standard InChI is InChI=1S/C23H35Cl2N3O2/c1-16-15-27(13-14-28(16)20-6-4-5-19(24)21(20)25)12-11-17-7-9-18(10-8-17)26-22(29)23(2,3)30/h4-6,16-18,30H,7-15H2,1-3H3,(H,26,29)/t16-,17-,18-/m1/s1. The van der Waals surface area contributed by atoms with E-state index >= 15 is 0 Å². The highest BCUT2D eigenvalue weighted by Gasteiger charge is 2.30. The summed E-state index contributed by atoms with van der Waals surface area (Å²) in [6.45, 7) is 9.46. The van der Waals surface area contributed by atoms with E-state index in [2.05, 4.69) is 28.1 Å². The van der Waals surface area contributed by atoms with Crippen molar-refractivity contribution >= 4 is 34.8 Å². The number of rotatable bonds is 6. The Morgan fingerprint density at radius 1 is 1.20 bits per heavy atom. The van der Waals surface area contributed by atoms with Crippen LogP contribution in [0.1, 0.15) is 52.9 Å². The van der Waals surface area contributed by atoms with Gasteiger partial charge in [0.05, 0.1) is 15.7 Å². The van der Waals surface area contributed by atoms with E-state index in [0.717, 1.165) is 63.5 Å². The van der Waals surface area contributed by atoms with Crippen molar-refractivity contribution in [2.24, 2.45) is 5.92 Å². The molecule has 0 bridgehead atoms. The highest BCUT2D eigenvalue weighted by Crippen LogP contribution is 2.34. The van der Waals surface area contributed by atoms with E-state index < -0.39 is 5.60 Å². The molecule has 0 unspecified atom stereocenters. The first kappa shape index (κ1) is 23.6. The second-order valence-corrected chi connectivity index (χ2v) is 10.2. The molecule has 0 aromatic heterocycles. The molecule has 1 heterocycles. The van der Waals surface area contributed by atoms with Crippen LogP contribution in [0.15, 0.2) is 18.2 Å². The number of carbonyl (C=O) groups excluding carboxylic acids is 1. The summed E-state index contributed by atoms with van der Waals surface area (Å²) in [5.41, 5.74) is -0.270. The van der Waals surface area contributed by atoms with Crippen LogP contribution in [0.2, 0.25) is 10.0 Å². The highest BCUT2D eigenvalue weighted by atomic mass is 35.5. The second kappa shape index (κ2) is 10.1. The van der Waals surface area contributed by atoms with Crippen molar-refractivity contribution in [3.8, 4) is 0 Å². The summed E-state index contributed by atoms with van der Waals surface area (Å²) in [7, 11) is 0. The number of benzene rings is 1. The first-order valence-corrected chi connectivity index (χ1v) is 11.9. The summed E-state index contributed by atoms with van der Waals surface area (Å²) in [5, 5.41) is 14.1. The average Bonchev–Trinajstić information content (AvgIpc) is 2.69. The first-order chi connectivity index (χ1) is 14.1. The molecule has 1 aromatic rings. The molecule has 1 aromatic carbocycles. The number of piperazine rings is 1. The van der Waals surface area contributed by atoms with E-state index in [1.54, 1.807) is 0 Å². The van der Waals surface area contributed by atoms with Gasteiger partial charge in [0.25, 0.3) is 5.91 Å². The summed E-state index contributed by atoms with van der Waals surface area (Å²) in [6.07, 6.45) is 5.50. The third kappa shape index (κ3) is 6.03. The molecule has 1 aliphatic carbocycles. The van der Waals surface area contributed by atoms with Gasteiger partial charge < -0.3 is 15.3 Å². The molecule has 3 rings (SSSR count). The van der Waals surface area contributed by atoms with Crippen molar-refractivity contribution in [3.63, 3.8) is 0 Å². The second-order valence-electron chi connectivity index (χ2n) is 9.45. The number of nitrogens with one attached hydrogen (secondary N) is 1. The van der Waals surface area contributed by atoms with Crippen LogP contribution >= 0.6 is 23.2 Å². The average molecular weight is 456 g/mol. The summed E-state index contributed by atoms with van der Waals surface area (Å²) in [4.78, 5) is 16.9. The summed E-state index contributed by atoms with van der Waals surface area (Å²) in [6, 6.07) is 6.44. The van der Waals surface area contributed by atoms with Crippen molar-refractivity contribution in [3.05, 3.63) is 28.2 Å². The minimum Gasteiger partial charge on any atom is -0.381 e. The Kier molecular flexibility index (Phi) is 7.94. The normalized spacial score (nSPS) is 25.9. The van der Waals surface area contributed by atoms with Gasteiger partial charge in [0.1, 0.15) is 5.60 Å². The molecule has 5 nitrogen and oxygen atoms in total. The third-order valence-corrected chi connectivity index (χ3v) is 7.35. The zero-order chi connectivity index (χ0) is 21.9. The Balaban J connectivity index is 1.41. The molecule has 1 atom stereocenters. The molecular weight excluding hydrogens is 421 g/mol. The Bertz CT molecular complexity index is 730. The topological polar surface area (TPSA) is 55.8 Å². The Morgan fingerprint density at radius 3 is 2.53 bits per heavy atom. The fourth-order valence-electron chi connectivity index (χ4n) is 4.63. The van der Waals surface area contributed by atoms with Gasteiger partial charge >= 0.3 is 0 Å². The van der Waals surface area contributed by atoms with Crippen molar-refractivity contribution in [1.82, 2.24) is 10.2 Å². The SMILES string of the molecule is C[C@@H]1CN(CC[C@H]2CC[C@H](NC(=O)C(C)(C)O)CC2)CCN1c1cccc(Cl)c1Cl. The molecule has 168 valence electrons. The number of amides is 1. The minimum absolute atomic E-state index is 0.200. The van der Waals surface area contributed by atoms with E-state index in [1.165, 1.54) is 20.3 Å². The van der Waals surface area contributed by atoms with E-state index in [9.17, 15) is 9.90 Å². The first-order valence-electron chi connectivity index (χ1n) is 11.1. The molecule has 0 spiro atoms. The third-order valence-electron chi connectivity index (χ3n) is 6.54. The molecule has 0 radical (unpaired) electrons. The molecule has 30 heavy (non-hydrogen) atoms. The van der Waals surface area contributed by atoms with Crippen LogP contribution in [0.3, 0.4) is 0 Å². The number of anilines is 1. The van der Waals surface area contributed by atoms with E-state index in [1.807, 2.05) is 12.1 Å². The lowest BCUT2D eigenvalue weighted by Gasteiger charge is -2.42. The molecular formula is C23H35Cl2N3O2. The van der Waals surface area contributed by atoms with Gasteiger partial charge in [-0.2, -0.15) is 0 Å². The van der Waals surface area contributed by atoms with Crippen LogP contribution in [0.25, 0.3) is 0 Å². The van der Waals surface area contributed by atoms with Gasteiger partial charge in [-0.05, 0) is 77.5 Å². The molecule has 7 heteroatoms. The predicted octanol–water partition coefficient (Wildman–Crippen LogP) is 4.34. The largest absolute Gasteiger partial charge is 0.381 e. The number of hydrogen-bond donors (Lipinski definition) is 2. The van der Waals surface area contributed by atoms with Gasteiger partial charge in [-0.1, -0.05) is 29.3 Å². The van der Waals surface area contributed by atoms with Crippen LogP contribution in [-0.2, 0) is 4.79 Å². The van der Waals surface area contributed by atoms with Gasteiger partial charge in [-0.15, -0.1) is 0 Å². The lowest BCUT2D eigenvalue weighted by Crippen LogP contribution is -2.52. The van der Waals surface area contributed by atoms with E-state index in [-0.39, 0.29) is 11.9 Å². The number of aliphatic hydroxyl groups is 1. The number of carbonyl (C=O) groups is 1. The highest BCUT2D eigenvalue weighted by molar-refractivity contribution is 6.43. The number of halogens is 2. The fraction of sp³-hybridized carbons (Fsp3) is 0.696. The van der Waals surface area contributed by atoms with E-state index in [0.29, 0.717) is 16.1 Å².